The normalized spacial score (nSPS) is 10.0. The summed E-state index contributed by atoms with van der Waals surface area (Å²) >= 11 is 12.1. The molecule has 0 atom stereocenters. The zero-order valence-electron chi connectivity index (χ0n) is 23.2. The van der Waals surface area contributed by atoms with Crippen LogP contribution in [0.3, 0.4) is 0 Å². The van der Waals surface area contributed by atoms with Crippen LogP contribution in [0.25, 0.3) is 18.2 Å². The number of rotatable bonds is 6. The Balaban J connectivity index is 0. The van der Waals surface area contributed by atoms with Crippen LogP contribution in [0.5, 0.6) is 23.0 Å². The van der Waals surface area contributed by atoms with Gasteiger partial charge < -0.3 is 30.6 Å². The Morgan fingerprint density at radius 2 is 1.18 bits per heavy atom. The molecular weight excluding hydrogens is 1210 g/mol. The third kappa shape index (κ3) is 26.1. The molecule has 0 aliphatic rings. The first-order valence-electron chi connectivity index (χ1n) is 11.8. The third-order valence-electron chi connectivity index (χ3n) is 4.73. The van der Waals surface area contributed by atoms with Gasteiger partial charge >= 0.3 is 120 Å². The average molecular weight is 1240 g/mol. The molecule has 0 heterocycles. The number of halogens is 5. The standard InChI is InChI=1S/C11H14O.C9H8O4.C9H8O3.5HI.2V/c1-9-5-6-11(4-3-7-12)8-10(9)2;10-7-3-1-6(5-8(7)11)2-4-9(12)13;10-5-1-2-7-3-4-8(11)9(12)6-7;;;;;;;/h3-6,8,12H,7H2,1-2H3;1-5,10-11H,(H,12,13);1-6,11-12H;5*1H;;/q;;;;;;;;+2;+3/p-5/b4-3+;4-2+;2-1+;;;;;;;. The van der Waals surface area contributed by atoms with Crippen molar-refractivity contribution in [2.45, 2.75) is 13.8 Å². The van der Waals surface area contributed by atoms with E-state index in [0.717, 1.165) is 11.6 Å². The van der Waals surface area contributed by atoms with Crippen molar-refractivity contribution >= 4 is 130 Å². The van der Waals surface area contributed by atoms with Gasteiger partial charge in [-0.3, -0.25) is 4.79 Å². The number of phenolic OH excluding ortho intramolecular Hbond substituents is 4. The van der Waals surface area contributed by atoms with Crippen molar-refractivity contribution < 1.29 is 54.6 Å². The van der Waals surface area contributed by atoms with Gasteiger partial charge in [0.2, 0.25) is 0 Å². The van der Waals surface area contributed by atoms with Gasteiger partial charge in [-0.2, -0.15) is 0 Å². The number of aryl methyl sites for hydroxylation is 2. The molecule has 0 saturated heterocycles. The van der Waals surface area contributed by atoms with Crippen molar-refractivity contribution in [1.82, 2.24) is 0 Å². The molecule has 239 valence electrons. The second kappa shape index (κ2) is 29.2. The third-order valence-corrected chi connectivity index (χ3v) is 4.73. The van der Waals surface area contributed by atoms with Crippen molar-refractivity contribution in [3.05, 3.63) is 101 Å². The number of aliphatic hydroxyl groups is 1. The van der Waals surface area contributed by atoms with Gasteiger partial charge in [0.25, 0.3) is 0 Å². The van der Waals surface area contributed by atoms with Gasteiger partial charge in [0, 0.05) is 6.08 Å². The zero-order chi connectivity index (χ0) is 34.1. The maximum atomic E-state index is 10.1. The Bertz CT molecular complexity index is 1370. The fourth-order valence-electron chi connectivity index (χ4n) is 2.66. The van der Waals surface area contributed by atoms with Crippen LogP contribution in [-0.2, 0) is 24.0 Å². The molecule has 0 amide bonds. The Labute approximate surface area is 324 Å². The predicted octanol–water partition coefficient (Wildman–Crippen LogP) is 9.24. The molecule has 0 spiro atoms. The van der Waals surface area contributed by atoms with Crippen molar-refractivity contribution in [2.75, 3.05) is 6.61 Å². The van der Waals surface area contributed by atoms with Crippen molar-refractivity contribution in [3.8, 4) is 23.0 Å². The van der Waals surface area contributed by atoms with Crippen LogP contribution in [-0.4, -0.2) is 49.5 Å². The summed E-state index contributed by atoms with van der Waals surface area (Å²) in [4.78, 5) is 19.8. The summed E-state index contributed by atoms with van der Waals surface area (Å²) < 4.78 is 0. The van der Waals surface area contributed by atoms with E-state index in [4.69, 9.17) is 30.6 Å². The maximum absolute atomic E-state index is 10.1. The summed E-state index contributed by atoms with van der Waals surface area (Å²) in [6, 6.07) is 14.6. The van der Waals surface area contributed by atoms with E-state index in [-0.39, 0.29) is 34.5 Å². The van der Waals surface area contributed by atoms with Gasteiger partial charge in [0.1, 0.15) is 6.29 Å². The van der Waals surface area contributed by atoms with Gasteiger partial charge in [-0.25, -0.2) is 4.79 Å². The Morgan fingerprint density at radius 3 is 1.57 bits per heavy atom. The number of hydrogen-bond donors (Lipinski definition) is 6. The Kier molecular flexibility index (Phi) is 30.6. The molecule has 0 aliphatic carbocycles. The van der Waals surface area contributed by atoms with Gasteiger partial charge in [0.05, 0.1) is 6.61 Å². The van der Waals surface area contributed by atoms with Crippen LogP contribution < -0.4 is 0 Å². The number of benzene rings is 3. The number of carboxylic acid groups (broad SMARTS) is 1. The van der Waals surface area contributed by atoms with E-state index in [1.54, 1.807) is 12.1 Å². The number of aldehydes is 1. The van der Waals surface area contributed by atoms with Gasteiger partial charge in [-0.05, 0) is 78.1 Å². The van der Waals surface area contributed by atoms with E-state index < -0.39 is 5.97 Å². The van der Waals surface area contributed by atoms with Gasteiger partial charge in [-0.15, -0.1) is 0 Å². The molecule has 0 aliphatic heterocycles. The molecule has 3 rings (SSSR count). The van der Waals surface area contributed by atoms with E-state index >= 15 is 0 Å². The zero-order valence-corrected chi connectivity index (χ0v) is 36.8. The second-order valence-corrected chi connectivity index (χ2v) is 55.0. The number of aliphatic hydroxyl groups excluding tert-OH is 1. The molecular formula is C29H30I5O8V2. The Hall–Kier alpha value is -0.00117. The fraction of sp³-hybridized carbons (Fsp3) is 0.103. The molecule has 15 heteroatoms. The Morgan fingerprint density at radius 1 is 0.750 bits per heavy atom. The summed E-state index contributed by atoms with van der Waals surface area (Å²) in [5, 5.41) is 52.8. The van der Waals surface area contributed by atoms with Crippen molar-refractivity contribution in [3.63, 3.8) is 0 Å². The molecule has 0 aromatic heterocycles. The van der Waals surface area contributed by atoms with Crippen LogP contribution in [0.1, 0.15) is 27.8 Å². The summed E-state index contributed by atoms with van der Waals surface area (Å²) in [7, 11) is 0.628. The summed E-state index contributed by atoms with van der Waals surface area (Å²) in [5.41, 5.74) is 4.91. The minimum atomic E-state index is -1.06. The van der Waals surface area contributed by atoms with Crippen LogP contribution in [0.4, 0.5) is 0 Å². The number of aromatic hydroxyl groups is 4. The summed E-state index contributed by atoms with van der Waals surface area (Å²) in [6.07, 6.45) is 9.42. The SMILES string of the molecule is Cc1ccc(/C=C/CO)cc1C.O=C(O)/C=C/c1ccc(O)c(O)c1.O=C/C=C/c1ccc(O)c(O)c1.[I][V]([I])[I].[I][V][I]. The molecule has 3 aromatic carbocycles. The molecule has 44 heavy (non-hydrogen) atoms. The summed E-state index contributed by atoms with van der Waals surface area (Å²) in [6.45, 7) is 4.29. The number of hydrogen-bond acceptors (Lipinski definition) is 7. The average Bonchev–Trinajstić information content (AvgIpc) is 2.96. The molecule has 3 aromatic rings. The first-order valence-corrected chi connectivity index (χ1v) is 34.4. The van der Waals surface area contributed by atoms with E-state index in [1.165, 1.54) is 59.7 Å². The minimum absolute atomic E-state index is 0.104. The van der Waals surface area contributed by atoms with Crippen molar-refractivity contribution in [1.29, 1.82) is 0 Å². The van der Waals surface area contributed by atoms with E-state index in [1.807, 2.05) is 6.08 Å². The quantitative estimate of drug-likeness (QED) is 0.0618. The number of aliphatic carboxylic acids is 1. The molecule has 0 radical (unpaired) electrons. The van der Waals surface area contributed by atoms with E-state index in [2.05, 4.69) is 132 Å². The summed E-state index contributed by atoms with van der Waals surface area (Å²) in [5.74, 6) is -1.92. The van der Waals surface area contributed by atoms with Gasteiger partial charge in [-0.1, -0.05) is 48.6 Å². The second-order valence-electron chi connectivity index (χ2n) is 7.85. The molecule has 0 saturated carbocycles. The van der Waals surface area contributed by atoms with E-state index in [9.17, 15) is 9.59 Å². The number of carbonyl (C=O) groups excluding carboxylic acids is 1. The number of phenols is 4. The first kappa shape index (κ1) is 46.1. The van der Waals surface area contributed by atoms with Crippen LogP contribution >= 0.6 is 99.9 Å². The predicted molar refractivity (Wildman–Crippen MR) is 213 cm³/mol. The first-order chi connectivity index (χ1) is 20.7. The number of allylic oxidation sites excluding steroid dienone is 1. The van der Waals surface area contributed by atoms with Crippen molar-refractivity contribution in [2.24, 2.45) is 0 Å². The molecule has 0 unspecified atom stereocenters. The fourth-order valence-corrected chi connectivity index (χ4v) is 2.66. The van der Waals surface area contributed by atoms with Crippen LogP contribution in [0.2, 0.25) is 0 Å². The van der Waals surface area contributed by atoms with Crippen LogP contribution in [0, 0.1) is 13.8 Å². The molecule has 8 nitrogen and oxygen atoms in total. The topological polar surface area (TPSA) is 156 Å². The number of carboxylic acids is 1. The molecule has 0 fully saturated rings. The van der Waals surface area contributed by atoms with E-state index in [0.29, 0.717) is 26.9 Å². The number of carbonyl (C=O) groups is 2. The monoisotopic (exact) mass is 1240 g/mol. The van der Waals surface area contributed by atoms with Gasteiger partial charge in [0.15, 0.2) is 23.0 Å². The molecule has 6 N–H and O–H groups in total. The van der Waals surface area contributed by atoms with Crippen LogP contribution in [0.15, 0.2) is 72.8 Å². The molecule has 0 bridgehead atoms.